The van der Waals surface area contributed by atoms with Gasteiger partial charge in [0.05, 0.1) is 16.3 Å². The van der Waals surface area contributed by atoms with Crippen LogP contribution in [0.2, 0.25) is 10.0 Å². The minimum absolute atomic E-state index is 0.0339. The van der Waals surface area contributed by atoms with E-state index in [1.807, 2.05) is 0 Å². The van der Waals surface area contributed by atoms with Gasteiger partial charge in [0.15, 0.2) is 11.5 Å². The van der Waals surface area contributed by atoms with E-state index in [4.69, 9.17) is 23.2 Å². The van der Waals surface area contributed by atoms with Crippen LogP contribution >= 0.6 is 23.2 Å². The zero-order valence-electron chi connectivity index (χ0n) is 17.5. The van der Waals surface area contributed by atoms with Crippen LogP contribution in [0.15, 0.2) is 36.5 Å². The van der Waals surface area contributed by atoms with Crippen LogP contribution < -0.4 is 10.0 Å². The molecular weight excluding hydrogens is 518 g/mol. The third-order valence-electron chi connectivity index (χ3n) is 4.42. The number of benzene rings is 1. The van der Waals surface area contributed by atoms with Crippen molar-refractivity contribution in [3.05, 3.63) is 69.1 Å². The number of aromatic nitrogens is 3. The molecule has 0 saturated carbocycles. The molecule has 34 heavy (non-hydrogen) atoms. The molecule has 0 aliphatic heterocycles. The average Bonchev–Trinajstić information content (AvgIpc) is 3.21. The normalized spacial score (nSPS) is 12.3. The van der Waals surface area contributed by atoms with E-state index < -0.39 is 40.4 Å². The molecular formula is C20H16Cl2F3N5O3S. The highest BCUT2D eigenvalue weighted by atomic mass is 35.5. The SMILES string of the molecule is CCS(=O)NC(=O)c1cc(Cl)cc(C)c1NC(=O)c1cc(C(F)(F)F)nn1-c1ncccc1Cl. The maximum absolute atomic E-state index is 13.4. The first-order valence-electron chi connectivity index (χ1n) is 9.51. The predicted molar refractivity (Wildman–Crippen MR) is 122 cm³/mol. The summed E-state index contributed by atoms with van der Waals surface area (Å²) in [6.07, 6.45) is -3.58. The van der Waals surface area contributed by atoms with Gasteiger partial charge in [0.1, 0.15) is 16.7 Å². The molecule has 0 aliphatic rings. The van der Waals surface area contributed by atoms with Crippen molar-refractivity contribution in [2.24, 2.45) is 0 Å². The summed E-state index contributed by atoms with van der Waals surface area (Å²) in [7, 11) is -1.68. The Balaban J connectivity index is 2.09. The summed E-state index contributed by atoms with van der Waals surface area (Å²) in [6.45, 7) is 3.12. The van der Waals surface area contributed by atoms with Crippen LogP contribution in [0.25, 0.3) is 5.82 Å². The maximum atomic E-state index is 13.4. The number of amides is 2. The van der Waals surface area contributed by atoms with Crippen molar-refractivity contribution in [3.8, 4) is 5.82 Å². The molecule has 0 bridgehead atoms. The minimum Gasteiger partial charge on any atom is -0.320 e. The van der Waals surface area contributed by atoms with Crippen molar-refractivity contribution in [2.45, 2.75) is 20.0 Å². The summed E-state index contributed by atoms with van der Waals surface area (Å²) < 4.78 is 54.8. The standard InChI is InChI=1S/C20H16Cl2F3N5O3S/c1-3-34(33)29-18(31)12-8-11(21)7-10(2)16(12)27-19(32)14-9-15(20(23,24)25)28-30(14)17-13(22)5-4-6-26-17/h4-9H,3H2,1-2H3,(H,27,32)(H,29,31). The highest BCUT2D eigenvalue weighted by molar-refractivity contribution is 7.83. The Kier molecular flexibility index (Phi) is 7.64. The monoisotopic (exact) mass is 533 g/mol. The van der Waals surface area contributed by atoms with Gasteiger partial charge in [-0.05, 0) is 36.8 Å². The van der Waals surface area contributed by atoms with Gasteiger partial charge in [-0.1, -0.05) is 30.1 Å². The van der Waals surface area contributed by atoms with Crippen molar-refractivity contribution in [2.75, 3.05) is 11.1 Å². The van der Waals surface area contributed by atoms with E-state index in [0.717, 1.165) is 0 Å². The number of hydrogen-bond acceptors (Lipinski definition) is 5. The summed E-state index contributed by atoms with van der Waals surface area (Å²) in [5.74, 6) is -1.88. The van der Waals surface area contributed by atoms with E-state index in [2.05, 4.69) is 20.1 Å². The summed E-state index contributed by atoms with van der Waals surface area (Å²) in [4.78, 5) is 29.7. The Bertz CT molecular complexity index is 1300. The molecule has 2 N–H and O–H groups in total. The zero-order chi connectivity index (χ0) is 25.2. The Morgan fingerprint density at radius 3 is 2.50 bits per heavy atom. The lowest BCUT2D eigenvalue weighted by atomic mass is 10.1. The molecule has 180 valence electrons. The van der Waals surface area contributed by atoms with Crippen molar-refractivity contribution >= 4 is 51.7 Å². The number of pyridine rings is 1. The number of anilines is 1. The summed E-state index contributed by atoms with van der Waals surface area (Å²) in [5, 5.41) is 6.01. The number of aryl methyl sites for hydroxylation is 1. The molecule has 14 heteroatoms. The van der Waals surface area contributed by atoms with Crippen LogP contribution in [-0.4, -0.2) is 36.5 Å². The van der Waals surface area contributed by atoms with Gasteiger partial charge in [-0.15, -0.1) is 0 Å². The molecule has 2 aromatic heterocycles. The first-order chi connectivity index (χ1) is 15.9. The number of alkyl halides is 3. The molecule has 2 amide bonds. The quantitative estimate of drug-likeness (QED) is 0.482. The second-order valence-corrected chi connectivity index (χ2v) is 9.11. The molecule has 3 rings (SSSR count). The van der Waals surface area contributed by atoms with Crippen LogP contribution in [0, 0.1) is 6.92 Å². The Morgan fingerprint density at radius 1 is 1.18 bits per heavy atom. The van der Waals surface area contributed by atoms with Crippen LogP contribution in [0.1, 0.15) is 39.0 Å². The molecule has 1 unspecified atom stereocenters. The fourth-order valence-corrected chi connectivity index (χ4v) is 3.81. The van der Waals surface area contributed by atoms with Crippen molar-refractivity contribution in [1.82, 2.24) is 19.5 Å². The van der Waals surface area contributed by atoms with Crippen LogP contribution in [0.3, 0.4) is 0 Å². The van der Waals surface area contributed by atoms with Gasteiger partial charge in [-0.25, -0.2) is 13.9 Å². The first-order valence-corrected chi connectivity index (χ1v) is 11.6. The van der Waals surface area contributed by atoms with Gasteiger partial charge >= 0.3 is 6.18 Å². The zero-order valence-corrected chi connectivity index (χ0v) is 19.9. The topological polar surface area (TPSA) is 106 Å². The number of rotatable bonds is 6. The van der Waals surface area contributed by atoms with Crippen LogP contribution in [0.4, 0.5) is 18.9 Å². The fourth-order valence-electron chi connectivity index (χ4n) is 2.87. The first kappa shape index (κ1) is 25.7. The summed E-state index contributed by atoms with van der Waals surface area (Å²) in [6, 6.07) is 6.05. The number of hydrogen-bond donors (Lipinski definition) is 2. The van der Waals surface area contributed by atoms with Gasteiger partial charge in [0.2, 0.25) is 0 Å². The van der Waals surface area contributed by atoms with E-state index in [1.54, 1.807) is 6.92 Å². The number of halogens is 5. The summed E-state index contributed by atoms with van der Waals surface area (Å²) >= 11 is 12.1. The number of nitrogens with zero attached hydrogens (tertiary/aromatic N) is 3. The van der Waals surface area contributed by atoms with Gasteiger partial charge in [-0.3, -0.25) is 14.3 Å². The molecule has 0 aliphatic carbocycles. The Morgan fingerprint density at radius 2 is 1.88 bits per heavy atom. The van der Waals surface area contributed by atoms with Crippen molar-refractivity contribution in [1.29, 1.82) is 0 Å². The van der Waals surface area contributed by atoms with E-state index in [9.17, 15) is 27.0 Å². The molecule has 0 spiro atoms. The van der Waals surface area contributed by atoms with Crippen LogP contribution in [-0.2, 0) is 17.2 Å². The molecule has 3 aromatic rings. The van der Waals surface area contributed by atoms with E-state index >= 15 is 0 Å². The van der Waals surface area contributed by atoms with E-state index in [1.165, 1.54) is 37.4 Å². The van der Waals surface area contributed by atoms with Gasteiger partial charge in [-0.2, -0.15) is 18.3 Å². The second-order valence-electron chi connectivity index (χ2n) is 6.80. The highest BCUT2D eigenvalue weighted by Crippen LogP contribution is 2.31. The second kappa shape index (κ2) is 10.1. The van der Waals surface area contributed by atoms with E-state index in [0.29, 0.717) is 16.3 Å². The fraction of sp³-hybridized carbons (Fsp3) is 0.200. The lowest BCUT2D eigenvalue weighted by molar-refractivity contribution is -0.141. The maximum Gasteiger partial charge on any atom is 0.435 e. The Labute approximate surface area is 204 Å². The number of carbonyl (C=O) groups excluding carboxylic acids is 2. The van der Waals surface area contributed by atoms with Crippen LogP contribution in [0.5, 0.6) is 0 Å². The third kappa shape index (κ3) is 5.57. The number of carbonyl (C=O) groups is 2. The smallest absolute Gasteiger partial charge is 0.320 e. The van der Waals surface area contributed by atoms with E-state index in [-0.39, 0.29) is 32.9 Å². The molecule has 1 aromatic carbocycles. The third-order valence-corrected chi connectivity index (χ3v) is 5.87. The van der Waals surface area contributed by atoms with Crippen molar-refractivity contribution < 1.29 is 27.0 Å². The van der Waals surface area contributed by atoms with Crippen molar-refractivity contribution in [3.63, 3.8) is 0 Å². The predicted octanol–water partition coefficient (Wildman–Crippen LogP) is 4.57. The molecule has 0 radical (unpaired) electrons. The highest BCUT2D eigenvalue weighted by Gasteiger charge is 2.37. The minimum atomic E-state index is -4.85. The average molecular weight is 534 g/mol. The molecule has 0 saturated heterocycles. The van der Waals surface area contributed by atoms with Gasteiger partial charge in [0.25, 0.3) is 11.8 Å². The van der Waals surface area contributed by atoms with Gasteiger partial charge in [0, 0.05) is 23.0 Å². The molecule has 2 heterocycles. The Hall–Kier alpha value is -2.96. The molecule has 1 atom stereocenters. The molecule has 8 nitrogen and oxygen atoms in total. The lowest BCUT2D eigenvalue weighted by Gasteiger charge is -2.15. The number of nitrogens with one attached hydrogen (secondary N) is 2. The molecule has 0 fully saturated rings. The summed E-state index contributed by atoms with van der Waals surface area (Å²) in [5.41, 5.74) is -1.70. The van der Waals surface area contributed by atoms with Gasteiger partial charge < -0.3 is 5.32 Å². The lowest BCUT2D eigenvalue weighted by Crippen LogP contribution is -2.28. The largest absolute Gasteiger partial charge is 0.435 e.